The molecule has 2 aliphatic rings. The van der Waals surface area contributed by atoms with Crippen molar-refractivity contribution in [3.05, 3.63) is 83.1 Å². The molecule has 1 fully saturated rings. The molecular weight excluding hydrogens is 498 g/mol. The van der Waals surface area contributed by atoms with Crippen molar-refractivity contribution in [1.82, 2.24) is 24.8 Å². The molecule has 7 nitrogen and oxygen atoms in total. The number of aromatic amines is 2. The summed E-state index contributed by atoms with van der Waals surface area (Å²) in [5.74, 6) is 8.78. The Hall–Kier alpha value is -4.31. The van der Waals surface area contributed by atoms with Crippen LogP contribution in [0.5, 0.6) is 0 Å². The first-order valence-corrected chi connectivity index (χ1v) is 14.1. The van der Waals surface area contributed by atoms with Gasteiger partial charge in [0.05, 0.1) is 29.0 Å². The molecule has 40 heavy (non-hydrogen) atoms. The molecule has 1 aliphatic heterocycles. The number of likely N-dealkylation sites (tertiary alicyclic amines) is 1. The number of benzene rings is 2. The number of nitrogens with one attached hydrogen (secondary N) is 2. The lowest BCUT2D eigenvalue weighted by atomic mass is 10.1. The number of rotatable bonds is 3. The van der Waals surface area contributed by atoms with E-state index in [9.17, 15) is 4.79 Å². The molecular formula is C33H35N5O2. The maximum Gasteiger partial charge on any atom is 0.410 e. The van der Waals surface area contributed by atoms with Gasteiger partial charge >= 0.3 is 6.09 Å². The van der Waals surface area contributed by atoms with E-state index in [1.165, 1.54) is 5.57 Å². The zero-order valence-corrected chi connectivity index (χ0v) is 23.5. The number of nitrogens with zero attached hydrogens (tertiary/aromatic N) is 3. The highest BCUT2D eigenvalue weighted by molar-refractivity contribution is 5.77. The van der Waals surface area contributed by atoms with Crippen molar-refractivity contribution >= 4 is 17.1 Å². The monoisotopic (exact) mass is 533 g/mol. The number of allylic oxidation sites excluding steroid dienone is 2. The Morgan fingerprint density at radius 3 is 2.55 bits per heavy atom. The molecule has 0 bridgehead atoms. The zero-order valence-electron chi connectivity index (χ0n) is 23.5. The van der Waals surface area contributed by atoms with Gasteiger partial charge in [0.2, 0.25) is 0 Å². The Bertz CT molecular complexity index is 1640. The number of amides is 1. The molecule has 0 radical (unpaired) electrons. The molecule has 7 heteroatoms. The van der Waals surface area contributed by atoms with Crippen molar-refractivity contribution in [3.8, 4) is 23.1 Å². The molecule has 204 valence electrons. The fourth-order valence-electron chi connectivity index (χ4n) is 5.51. The topological polar surface area (TPSA) is 86.9 Å². The summed E-state index contributed by atoms with van der Waals surface area (Å²) < 4.78 is 5.62. The van der Waals surface area contributed by atoms with Crippen LogP contribution >= 0.6 is 0 Å². The maximum absolute atomic E-state index is 12.7. The van der Waals surface area contributed by atoms with Gasteiger partial charge in [-0.05, 0) is 89.3 Å². The van der Waals surface area contributed by atoms with Gasteiger partial charge in [-0.1, -0.05) is 35.6 Å². The van der Waals surface area contributed by atoms with E-state index >= 15 is 0 Å². The Balaban J connectivity index is 1.15. The molecule has 4 aromatic rings. The summed E-state index contributed by atoms with van der Waals surface area (Å²) in [6.45, 7) is 8.52. The van der Waals surface area contributed by atoms with Crippen LogP contribution in [-0.4, -0.2) is 43.1 Å². The second-order valence-electron chi connectivity index (χ2n) is 11.9. The number of hydrogen-bond acceptors (Lipinski definition) is 4. The van der Waals surface area contributed by atoms with Crippen LogP contribution in [0.4, 0.5) is 4.79 Å². The van der Waals surface area contributed by atoms with E-state index in [4.69, 9.17) is 9.72 Å². The average molecular weight is 534 g/mol. The number of H-pyrrole nitrogens is 2. The molecule has 2 aromatic carbocycles. The van der Waals surface area contributed by atoms with Gasteiger partial charge in [0.1, 0.15) is 17.2 Å². The third-order valence-electron chi connectivity index (χ3n) is 7.53. The third-order valence-corrected chi connectivity index (χ3v) is 7.53. The van der Waals surface area contributed by atoms with E-state index in [1.807, 2.05) is 57.3 Å². The highest BCUT2D eigenvalue weighted by Gasteiger charge is 2.35. The fourth-order valence-corrected chi connectivity index (χ4v) is 5.51. The number of imidazole rings is 2. The zero-order chi connectivity index (χ0) is 27.9. The minimum atomic E-state index is -0.527. The Morgan fingerprint density at radius 2 is 1.80 bits per heavy atom. The molecule has 1 saturated heterocycles. The largest absolute Gasteiger partial charge is 0.444 e. The fraction of sp³-hybridized carbons (Fsp3) is 0.364. The van der Waals surface area contributed by atoms with Gasteiger partial charge < -0.3 is 14.7 Å². The molecule has 2 aromatic heterocycles. The van der Waals surface area contributed by atoms with E-state index in [0.29, 0.717) is 12.5 Å². The van der Waals surface area contributed by atoms with E-state index in [0.717, 1.165) is 70.7 Å². The van der Waals surface area contributed by atoms with E-state index in [2.05, 4.69) is 51.9 Å². The minimum absolute atomic E-state index is 0.111. The SMILES string of the molecule is CC1=C[C@@H](c2ncc(-c3ccc(C#Cc4ccc5nc([C@@H]6CCCN6C(=O)OC(C)(C)C)[nH]c5c4)cc3)[nH]2)CC1. The van der Waals surface area contributed by atoms with Crippen molar-refractivity contribution in [2.45, 2.75) is 70.9 Å². The highest BCUT2D eigenvalue weighted by Crippen LogP contribution is 2.33. The van der Waals surface area contributed by atoms with Crippen LogP contribution in [0.1, 0.15) is 88.1 Å². The highest BCUT2D eigenvalue weighted by atomic mass is 16.6. The smallest absolute Gasteiger partial charge is 0.410 e. The van der Waals surface area contributed by atoms with Gasteiger partial charge in [-0.25, -0.2) is 14.8 Å². The van der Waals surface area contributed by atoms with Gasteiger partial charge in [0.25, 0.3) is 0 Å². The van der Waals surface area contributed by atoms with Crippen molar-refractivity contribution in [3.63, 3.8) is 0 Å². The van der Waals surface area contributed by atoms with Crippen molar-refractivity contribution in [2.24, 2.45) is 0 Å². The molecule has 6 rings (SSSR count). The summed E-state index contributed by atoms with van der Waals surface area (Å²) in [5.41, 5.74) is 6.67. The van der Waals surface area contributed by atoms with Crippen molar-refractivity contribution < 1.29 is 9.53 Å². The molecule has 1 aliphatic carbocycles. The van der Waals surface area contributed by atoms with Gasteiger partial charge in [-0.2, -0.15) is 0 Å². The molecule has 0 spiro atoms. The normalized spacial score (nSPS) is 19.0. The first-order chi connectivity index (χ1) is 19.2. The molecule has 0 unspecified atom stereocenters. The Labute approximate surface area is 235 Å². The summed E-state index contributed by atoms with van der Waals surface area (Å²) in [6.07, 6.45) is 8.01. The Morgan fingerprint density at radius 1 is 1.02 bits per heavy atom. The third kappa shape index (κ3) is 5.53. The van der Waals surface area contributed by atoms with Crippen LogP contribution in [0.15, 0.2) is 60.3 Å². The summed E-state index contributed by atoms with van der Waals surface area (Å²) >= 11 is 0. The molecule has 2 N–H and O–H groups in total. The molecule has 1 amide bonds. The second-order valence-corrected chi connectivity index (χ2v) is 11.9. The number of hydrogen-bond donors (Lipinski definition) is 2. The van der Waals surface area contributed by atoms with E-state index < -0.39 is 5.60 Å². The van der Waals surface area contributed by atoms with Crippen LogP contribution < -0.4 is 0 Å². The standard InChI is InChI=1S/C33H35N5O2/c1-21-7-13-25(18-21)30-34-20-28(37-30)24-14-10-22(11-15-24)8-9-23-12-16-26-27(19-23)36-31(35-26)29-6-5-17-38(29)32(39)40-33(2,3)4/h10-12,14-16,18-20,25,29H,5-7,13,17H2,1-4H3,(H,34,37)(H,35,36)/t25-,29-/m0/s1. The van der Waals surface area contributed by atoms with E-state index in [1.54, 1.807) is 4.90 Å². The maximum atomic E-state index is 12.7. The van der Waals surface area contributed by atoms with Crippen molar-refractivity contribution in [2.75, 3.05) is 6.54 Å². The Kier molecular flexibility index (Phi) is 6.71. The molecule has 2 atom stereocenters. The predicted octanol–water partition coefficient (Wildman–Crippen LogP) is 7.25. The first kappa shape index (κ1) is 25.9. The van der Waals surface area contributed by atoms with Crippen LogP contribution in [0, 0.1) is 11.8 Å². The summed E-state index contributed by atoms with van der Waals surface area (Å²) in [7, 11) is 0. The summed E-state index contributed by atoms with van der Waals surface area (Å²) in [4.78, 5) is 30.9. The van der Waals surface area contributed by atoms with Crippen LogP contribution in [-0.2, 0) is 4.74 Å². The first-order valence-electron chi connectivity index (χ1n) is 14.1. The van der Waals surface area contributed by atoms with E-state index in [-0.39, 0.29) is 12.1 Å². The summed E-state index contributed by atoms with van der Waals surface area (Å²) in [6, 6.07) is 14.1. The van der Waals surface area contributed by atoms with Crippen LogP contribution in [0.3, 0.4) is 0 Å². The lowest BCUT2D eigenvalue weighted by Gasteiger charge is -2.27. The number of carbonyl (C=O) groups excluding carboxylic acids is 1. The summed E-state index contributed by atoms with van der Waals surface area (Å²) in [5, 5.41) is 0. The number of fused-ring (bicyclic) bond motifs is 1. The van der Waals surface area contributed by atoms with Gasteiger partial charge in [-0.15, -0.1) is 0 Å². The average Bonchev–Trinajstić information content (AvgIpc) is 3.72. The number of aromatic nitrogens is 4. The predicted molar refractivity (Wildman–Crippen MR) is 157 cm³/mol. The molecule has 3 heterocycles. The number of carbonyl (C=O) groups is 1. The minimum Gasteiger partial charge on any atom is -0.444 e. The van der Waals surface area contributed by atoms with Gasteiger partial charge in [0, 0.05) is 23.6 Å². The van der Waals surface area contributed by atoms with Gasteiger partial charge in [0.15, 0.2) is 0 Å². The lowest BCUT2D eigenvalue weighted by Crippen LogP contribution is -2.36. The second kappa shape index (κ2) is 10.3. The quantitative estimate of drug-likeness (QED) is 0.215. The molecule has 0 saturated carbocycles. The van der Waals surface area contributed by atoms with Gasteiger partial charge in [-0.3, -0.25) is 4.90 Å². The van der Waals surface area contributed by atoms with Crippen molar-refractivity contribution in [1.29, 1.82) is 0 Å². The lowest BCUT2D eigenvalue weighted by molar-refractivity contribution is 0.0219. The van der Waals surface area contributed by atoms with Crippen LogP contribution in [0.2, 0.25) is 0 Å². The number of ether oxygens (including phenoxy) is 1. The van der Waals surface area contributed by atoms with Crippen LogP contribution in [0.25, 0.3) is 22.3 Å².